The van der Waals surface area contributed by atoms with E-state index >= 15 is 0 Å². The summed E-state index contributed by atoms with van der Waals surface area (Å²) in [7, 11) is 0. The minimum atomic E-state index is -0.487. The molecule has 7 nitrogen and oxygen atoms in total. The number of amides is 1. The first-order chi connectivity index (χ1) is 15.6. The van der Waals surface area contributed by atoms with Crippen LogP contribution in [0.4, 0.5) is 0 Å². The quantitative estimate of drug-likeness (QED) is 0.486. The Hall–Kier alpha value is -3.92. The fourth-order valence-electron chi connectivity index (χ4n) is 3.90. The number of para-hydroxylation sites is 1. The lowest BCUT2D eigenvalue weighted by atomic mass is 9.95. The molecule has 1 N–H and O–H groups in total. The van der Waals surface area contributed by atoms with Crippen LogP contribution in [-0.4, -0.2) is 21.3 Å². The van der Waals surface area contributed by atoms with E-state index < -0.39 is 11.5 Å². The number of rotatable bonds is 5. The summed E-state index contributed by atoms with van der Waals surface area (Å²) in [5.74, 6) is 0.0599. The van der Waals surface area contributed by atoms with E-state index in [1.54, 1.807) is 24.4 Å². The zero-order valence-corrected chi connectivity index (χ0v) is 17.9. The Bertz CT molecular complexity index is 1270. The summed E-state index contributed by atoms with van der Waals surface area (Å²) >= 11 is 0. The lowest BCUT2D eigenvalue weighted by molar-refractivity contribution is -0.117. The van der Waals surface area contributed by atoms with Crippen molar-refractivity contribution in [1.82, 2.24) is 14.7 Å². The van der Waals surface area contributed by atoms with Crippen molar-refractivity contribution in [3.63, 3.8) is 0 Å². The van der Waals surface area contributed by atoms with Gasteiger partial charge in [0.15, 0.2) is 0 Å². The summed E-state index contributed by atoms with van der Waals surface area (Å²) in [6.07, 6.45) is 7.95. The van der Waals surface area contributed by atoms with Crippen LogP contribution in [-0.2, 0) is 4.79 Å². The summed E-state index contributed by atoms with van der Waals surface area (Å²) in [6, 6.07) is 14.5. The highest BCUT2D eigenvalue weighted by atomic mass is 16.5. The van der Waals surface area contributed by atoms with Crippen molar-refractivity contribution in [3.05, 3.63) is 75.7 Å². The lowest BCUT2D eigenvalue weighted by Gasteiger charge is -2.22. The molecule has 1 aliphatic carbocycles. The molecule has 0 saturated heterocycles. The zero-order chi connectivity index (χ0) is 22.5. The van der Waals surface area contributed by atoms with Gasteiger partial charge in [0.25, 0.3) is 11.5 Å². The smallest absolute Gasteiger partial charge is 0.269 e. The summed E-state index contributed by atoms with van der Waals surface area (Å²) in [6.45, 7) is 1.85. The third kappa shape index (κ3) is 4.54. The molecule has 0 radical (unpaired) electrons. The standard InChI is InChI=1S/C25H24N4O3/c1-17-9-8-14-29-22(17)28-24(32-20-12-6-3-7-13-20)21(25(29)31)15-18(16-26)23(30)27-19-10-4-2-5-11-19/h3,6-9,12-15,19H,2,4-5,10-11H2,1H3,(H,27,30). The molecule has 1 aromatic carbocycles. The van der Waals surface area contributed by atoms with E-state index in [1.807, 2.05) is 37.3 Å². The van der Waals surface area contributed by atoms with Gasteiger partial charge in [0.05, 0.1) is 0 Å². The SMILES string of the molecule is Cc1cccn2c(=O)c(C=C(C#N)C(=O)NC3CCCCC3)c(Oc3ccccc3)nc12. The van der Waals surface area contributed by atoms with Crippen LogP contribution in [0.5, 0.6) is 11.6 Å². The van der Waals surface area contributed by atoms with Crippen LogP contribution in [0.25, 0.3) is 11.7 Å². The second kappa shape index (κ2) is 9.48. The van der Waals surface area contributed by atoms with Gasteiger partial charge in [-0.25, -0.2) is 0 Å². The minimum Gasteiger partial charge on any atom is -0.438 e. The van der Waals surface area contributed by atoms with Crippen molar-refractivity contribution in [1.29, 1.82) is 5.26 Å². The van der Waals surface area contributed by atoms with Crippen molar-refractivity contribution >= 4 is 17.6 Å². The molecule has 0 atom stereocenters. The van der Waals surface area contributed by atoms with Crippen molar-refractivity contribution in [2.75, 3.05) is 0 Å². The number of nitrogens with zero attached hydrogens (tertiary/aromatic N) is 3. The van der Waals surface area contributed by atoms with Crippen molar-refractivity contribution < 1.29 is 9.53 Å². The number of fused-ring (bicyclic) bond motifs is 1. The van der Waals surface area contributed by atoms with Gasteiger partial charge in [-0.3, -0.25) is 14.0 Å². The Morgan fingerprint density at radius 2 is 1.94 bits per heavy atom. The number of benzene rings is 1. The van der Waals surface area contributed by atoms with Crippen molar-refractivity contribution in [2.24, 2.45) is 0 Å². The zero-order valence-electron chi connectivity index (χ0n) is 17.9. The van der Waals surface area contributed by atoms with Crippen LogP contribution in [0.3, 0.4) is 0 Å². The molecule has 1 amide bonds. The average molecular weight is 428 g/mol. The van der Waals surface area contributed by atoms with Crippen LogP contribution < -0.4 is 15.6 Å². The molecular weight excluding hydrogens is 404 g/mol. The maximum Gasteiger partial charge on any atom is 0.269 e. The largest absolute Gasteiger partial charge is 0.438 e. The number of nitriles is 1. The number of ether oxygens (including phenoxy) is 1. The highest BCUT2D eigenvalue weighted by Gasteiger charge is 2.21. The Kier molecular flexibility index (Phi) is 6.31. The molecule has 1 saturated carbocycles. The van der Waals surface area contributed by atoms with Gasteiger partial charge in [-0.2, -0.15) is 10.2 Å². The molecule has 1 aliphatic rings. The van der Waals surface area contributed by atoms with Crippen molar-refractivity contribution in [2.45, 2.75) is 45.1 Å². The molecule has 4 rings (SSSR count). The predicted molar refractivity (Wildman–Crippen MR) is 121 cm³/mol. The first-order valence-electron chi connectivity index (χ1n) is 10.7. The summed E-state index contributed by atoms with van der Waals surface area (Å²) in [4.78, 5) is 30.6. The molecule has 0 spiro atoms. The van der Waals surface area contributed by atoms with E-state index in [4.69, 9.17) is 4.74 Å². The average Bonchev–Trinajstić information content (AvgIpc) is 2.81. The molecule has 32 heavy (non-hydrogen) atoms. The first kappa shape index (κ1) is 21.3. The van der Waals surface area contributed by atoms with Crippen LogP contribution in [0.2, 0.25) is 0 Å². The molecule has 162 valence electrons. The molecular formula is C25H24N4O3. The van der Waals surface area contributed by atoms with E-state index in [-0.39, 0.29) is 23.1 Å². The summed E-state index contributed by atoms with van der Waals surface area (Å²) in [5.41, 5.74) is 0.731. The van der Waals surface area contributed by atoms with Gasteiger partial charge < -0.3 is 10.1 Å². The third-order valence-electron chi connectivity index (χ3n) is 5.60. The van der Waals surface area contributed by atoms with Gasteiger partial charge in [-0.05, 0) is 49.6 Å². The minimum absolute atomic E-state index is 0.0477. The Morgan fingerprint density at radius 1 is 1.19 bits per heavy atom. The Balaban J connectivity index is 1.79. The van der Waals surface area contributed by atoms with Crippen LogP contribution in [0.1, 0.15) is 43.2 Å². The fraction of sp³-hybridized carbons (Fsp3) is 0.280. The Morgan fingerprint density at radius 3 is 2.66 bits per heavy atom. The number of aromatic nitrogens is 2. The topological polar surface area (TPSA) is 96.5 Å². The summed E-state index contributed by atoms with van der Waals surface area (Å²) < 4.78 is 7.31. The van der Waals surface area contributed by atoms with E-state index in [0.717, 1.165) is 37.7 Å². The van der Waals surface area contributed by atoms with Gasteiger partial charge in [0.2, 0.25) is 5.88 Å². The highest BCUT2D eigenvalue weighted by Crippen LogP contribution is 2.25. The second-order valence-corrected chi connectivity index (χ2v) is 7.91. The van der Waals surface area contributed by atoms with Gasteiger partial charge in [-0.1, -0.05) is 43.5 Å². The molecule has 2 heterocycles. The summed E-state index contributed by atoms with van der Waals surface area (Å²) in [5, 5.41) is 12.6. The van der Waals surface area contributed by atoms with Crippen LogP contribution >= 0.6 is 0 Å². The normalized spacial score (nSPS) is 14.7. The lowest BCUT2D eigenvalue weighted by Crippen LogP contribution is -2.36. The van der Waals surface area contributed by atoms with Crippen molar-refractivity contribution in [3.8, 4) is 17.7 Å². The number of aryl methyl sites for hydroxylation is 1. The Labute approximate surface area is 186 Å². The predicted octanol–water partition coefficient (Wildman–Crippen LogP) is 4.15. The molecule has 0 aliphatic heterocycles. The number of nitrogens with one attached hydrogen (secondary N) is 1. The molecule has 3 aromatic rings. The van der Waals surface area contributed by atoms with Crippen LogP contribution in [0.15, 0.2) is 59.0 Å². The number of carbonyl (C=O) groups is 1. The van der Waals surface area contributed by atoms with Gasteiger partial charge >= 0.3 is 0 Å². The monoisotopic (exact) mass is 428 g/mol. The second-order valence-electron chi connectivity index (χ2n) is 7.91. The molecule has 0 bridgehead atoms. The van der Waals surface area contributed by atoms with Gasteiger partial charge in [0, 0.05) is 12.2 Å². The maximum absolute atomic E-state index is 13.3. The van der Waals surface area contributed by atoms with E-state index in [1.165, 1.54) is 10.5 Å². The van der Waals surface area contributed by atoms with E-state index in [2.05, 4.69) is 10.3 Å². The highest BCUT2D eigenvalue weighted by molar-refractivity contribution is 6.02. The molecule has 0 unspecified atom stereocenters. The maximum atomic E-state index is 13.3. The number of hydrogen-bond donors (Lipinski definition) is 1. The van der Waals surface area contributed by atoms with E-state index in [9.17, 15) is 14.9 Å². The molecule has 7 heteroatoms. The first-order valence-corrected chi connectivity index (χ1v) is 10.7. The number of pyridine rings is 1. The van der Waals surface area contributed by atoms with Crippen LogP contribution in [0, 0.1) is 18.3 Å². The van der Waals surface area contributed by atoms with E-state index in [0.29, 0.717) is 11.4 Å². The number of carbonyl (C=O) groups excluding carboxylic acids is 1. The van der Waals surface area contributed by atoms with Gasteiger partial charge in [0.1, 0.15) is 28.6 Å². The molecule has 1 fully saturated rings. The molecule has 2 aromatic heterocycles. The van der Waals surface area contributed by atoms with Gasteiger partial charge in [-0.15, -0.1) is 0 Å². The fourth-order valence-corrected chi connectivity index (χ4v) is 3.90. The third-order valence-corrected chi connectivity index (χ3v) is 5.60. The number of hydrogen-bond acceptors (Lipinski definition) is 5.